The fourth-order valence-electron chi connectivity index (χ4n) is 0. The first-order valence-electron chi connectivity index (χ1n) is 0.507. The summed E-state index contributed by atoms with van der Waals surface area (Å²) in [6, 6.07) is 0. The quantitative estimate of drug-likeness (QED) is 0.388. The van der Waals surface area contributed by atoms with Crippen LogP contribution in [0.15, 0.2) is 0 Å². The molecule has 34 valence electrons. The first-order chi connectivity index (χ1) is 1.73. The van der Waals surface area contributed by atoms with Gasteiger partial charge in [0.15, 0.2) is 5.57 Å². The molecule has 5 heteroatoms. The van der Waals surface area contributed by atoms with Gasteiger partial charge in [-0.1, -0.05) is 13.4 Å². The van der Waals surface area contributed by atoms with Crippen molar-refractivity contribution in [2.45, 2.75) is 0 Å². The second kappa shape index (κ2) is 3.71. The van der Waals surface area contributed by atoms with Crippen molar-refractivity contribution >= 4 is 0 Å². The van der Waals surface area contributed by atoms with E-state index >= 15 is 0 Å². The molecular weight excluding hydrogens is 87.0 g/mol. The SMILES string of the molecule is FN(F)F.O. The molecule has 0 aromatic carbocycles. The molecule has 0 saturated heterocycles. The lowest BCUT2D eigenvalue weighted by molar-refractivity contribution is -0.295. The van der Waals surface area contributed by atoms with Crippen LogP contribution in [0.1, 0.15) is 0 Å². The summed E-state index contributed by atoms with van der Waals surface area (Å²) in [5, 5.41) is 0. The third-order valence-electron chi connectivity index (χ3n) is 0. The maximum absolute atomic E-state index is 9.50. The minimum atomic E-state index is -2.50. The standard InChI is InChI=1S/F3N.H2O/c1-4(2)3;/h;1H2. The van der Waals surface area contributed by atoms with E-state index in [0.29, 0.717) is 0 Å². The van der Waals surface area contributed by atoms with Crippen molar-refractivity contribution in [1.82, 2.24) is 5.57 Å². The van der Waals surface area contributed by atoms with Gasteiger partial charge >= 0.3 is 0 Å². The Bertz CT molecular complexity index is 11.6. The van der Waals surface area contributed by atoms with Crippen molar-refractivity contribution in [3.05, 3.63) is 0 Å². The van der Waals surface area contributed by atoms with Crippen LogP contribution in [0.2, 0.25) is 0 Å². The highest BCUT2D eigenvalue weighted by Gasteiger charge is 1.80. The van der Waals surface area contributed by atoms with E-state index in [1.807, 2.05) is 0 Å². The minimum absolute atomic E-state index is 0. The van der Waals surface area contributed by atoms with Gasteiger partial charge in [0.25, 0.3) is 0 Å². The summed E-state index contributed by atoms with van der Waals surface area (Å²) in [6.07, 6.45) is 0. The van der Waals surface area contributed by atoms with Gasteiger partial charge in [0.05, 0.1) is 0 Å². The second-order valence-electron chi connectivity index (χ2n) is 0.192. The molecule has 0 bridgehead atoms. The predicted octanol–water partition coefficient (Wildman–Crippen LogP) is 0.117. The molecule has 0 radical (unpaired) electrons. The fraction of sp³-hybridized carbons (Fsp3) is 0. The van der Waals surface area contributed by atoms with Crippen LogP contribution in [0.4, 0.5) is 13.4 Å². The second-order valence-corrected chi connectivity index (χ2v) is 0.192. The molecule has 0 fully saturated rings. The number of rotatable bonds is 0. The summed E-state index contributed by atoms with van der Waals surface area (Å²) in [4.78, 5) is 0. The Labute approximate surface area is 25.9 Å². The van der Waals surface area contributed by atoms with Crippen LogP contribution < -0.4 is 0 Å². The fourth-order valence-corrected chi connectivity index (χ4v) is 0. The molecule has 0 aliphatic carbocycles. The molecule has 0 aromatic heterocycles. The molecule has 2 N–H and O–H groups in total. The minimum Gasteiger partial charge on any atom is -0.412 e. The molecule has 0 rings (SSSR count). The zero-order valence-electron chi connectivity index (χ0n) is 2.08. The average Bonchev–Trinajstić information content (AvgIpc) is 0.811. The first kappa shape index (κ1) is 8.83. The summed E-state index contributed by atoms with van der Waals surface area (Å²) in [7, 11) is 0. The van der Waals surface area contributed by atoms with E-state index in [1.165, 1.54) is 0 Å². The maximum atomic E-state index is 9.50. The highest BCUT2D eigenvalue weighted by molar-refractivity contribution is 3.24. The van der Waals surface area contributed by atoms with Gasteiger partial charge in [0, 0.05) is 0 Å². The van der Waals surface area contributed by atoms with Crippen LogP contribution >= 0.6 is 0 Å². The normalized spacial score (nSPS) is 7.20. The zero-order chi connectivity index (χ0) is 3.58. The van der Waals surface area contributed by atoms with Crippen molar-refractivity contribution in [3.63, 3.8) is 0 Å². The van der Waals surface area contributed by atoms with E-state index in [2.05, 4.69) is 0 Å². The Kier molecular flexibility index (Phi) is 6.55. The molecule has 0 unspecified atom stereocenters. The first-order valence-corrected chi connectivity index (χ1v) is 0.507. The van der Waals surface area contributed by atoms with Crippen molar-refractivity contribution in [2.24, 2.45) is 0 Å². The lowest BCUT2D eigenvalue weighted by atomic mass is 13.5. The lowest BCUT2D eigenvalue weighted by Crippen LogP contribution is -1.72. The lowest BCUT2D eigenvalue weighted by Gasteiger charge is -1.67. The van der Waals surface area contributed by atoms with Gasteiger partial charge in [-0.2, -0.15) is 0 Å². The van der Waals surface area contributed by atoms with Crippen LogP contribution in [0.5, 0.6) is 0 Å². The topological polar surface area (TPSA) is 34.7 Å². The van der Waals surface area contributed by atoms with Gasteiger partial charge in [0.2, 0.25) is 0 Å². The molecule has 5 heavy (non-hydrogen) atoms. The Balaban J connectivity index is 0. The number of halogens is 3. The molecule has 0 spiro atoms. The number of nitrogens with zero attached hydrogens (tertiary/aromatic N) is 1. The Morgan fingerprint density at radius 3 is 1.00 bits per heavy atom. The van der Waals surface area contributed by atoms with E-state index < -0.39 is 5.57 Å². The number of hydrogen-bond donors (Lipinski definition) is 0. The highest BCUT2D eigenvalue weighted by atomic mass is 19.5. The zero-order valence-corrected chi connectivity index (χ0v) is 2.08. The van der Waals surface area contributed by atoms with E-state index in [9.17, 15) is 13.4 Å². The maximum Gasteiger partial charge on any atom is 0.199 e. The Morgan fingerprint density at radius 2 is 1.00 bits per heavy atom. The molecule has 0 heterocycles. The highest BCUT2D eigenvalue weighted by Crippen LogP contribution is 1.82. The van der Waals surface area contributed by atoms with Gasteiger partial charge in [-0.3, -0.25) is 0 Å². The number of hydrogen-bond acceptors (Lipinski definition) is 1. The molecule has 2 nitrogen and oxygen atoms in total. The predicted molar refractivity (Wildman–Crippen MR) is 8.78 cm³/mol. The van der Waals surface area contributed by atoms with Crippen LogP contribution in [-0.2, 0) is 0 Å². The third-order valence-corrected chi connectivity index (χ3v) is 0. The van der Waals surface area contributed by atoms with Gasteiger partial charge in [0.1, 0.15) is 0 Å². The molecule has 0 amide bonds. The summed E-state index contributed by atoms with van der Waals surface area (Å²) < 4.78 is 28.5. The monoisotopic (exact) mass is 89.0 g/mol. The summed E-state index contributed by atoms with van der Waals surface area (Å²) in [6.45, 7) is 0. The molecule has 0 aliphatic heterocycles. The van der Waals surface area contributed by atoms with E-state index in [1.54, 1.807) is 0 Å². The van der Waals surface area contributed by atoms with E-state index in [-0.39, 0.29) is 5.48 Å². The largest absolute Gasteiger partial charge is 0.412 e. The van der Waals surface area contributed by atoms with Crippen molar-refractivity contribution in [1.29, 1.82) is 0 Å². The van der Waals surface area contributed by atoms with E-state index in [0.717, 1.165) is 0 Å². The molecular formula is H2F3NO. The van der Waals surface area contributed by atoms with Crippen LogP contribution in [0.25, 0.3) is 0 Å². The summed E-state index contributed by atoms with van der Waals surface area (Å²) >= 11 is 0. The molecule has 0 aliphatic rings. The molecule has 0 atom stereocenters. The van der Waals surface area contributed by atoms with Crippen molar-refractivity contribution in [2.75, 3.05) is 0 Å². The van der Waals surface area contributed by atoms with Gasteiger partial charge in [-0.15, -0.1) is 0 Å². The smallest absolute Gasteiger partial charge is 0.199 e. The van der Waals surface area contributed by atoms with E-state index in [4.69, 9.17) is 0 Å². The average molecular weight is 89.0 g/mol. The van der Waals surface area contributed by atoms with Crippen molar-refractivity contribution in [3.8, 4) is 0 Å². The van der Waals surface area contributed by atoms with Crippen LogP contribution in [0, 0.1) is 0 Å². The summed E-state index contributed by atoms with van der Waals surface area (Å²) in [5.41, 5.74) is -2.50. The summed E-state index contributed by atoms with van der Waals surface area (Å²) in [5.74, 6) is 0. The van der Waals surface area contributed by atoms with Crippen LogP contribution in [0.3, 0.4) is 0 Å². The van der Waals surface area contributed by atoms with Gasteiger partial charge < -0.3 is 5.48 Å². The van der Waals surface area contributed by atoms with Crippen molar-refractivity contribution < 1.29 is 18.9 Å². The van der Waals surface area contributed by atoms with Gasteiger partial charge in [-0.05, 0) is 0 Å². The Morgan fingerprint density at radius 1 is 1.00 bits per heavy atom. The molecule has 0 aromatic rings. The molecule has 0 saturated carbocycles. The van der Waals surface area contributed by atoms with Crippen LogP contribution in [-0.4, -0.2) is 11.0 Å². The van der Waals surface area contributed by atoms with Gasteiger partial charge in [-0.25, -0.2) is 0 Å². The third kappa shape index (κ3) is 129. The Hall–Kier alpha value is -0.290.